The standard InChI is InChI=1S/C22H40O7P2/c1-11-15-17(19(5,6)7)18-16(12-2)21(13-3,20(8,9)10)22(15,14-4)28-31(26,27-18)29-30(23,24)25/h11-14H2,1-10H3,(H2,23,24,25). The van der Waals surface area contributed by atoms with E-state index < -0.39 is 26.7 Å². The third-order valence-corrected chi connectivity index (χ3v) is 9.53. The number of allylic oxidation sites excluding steroid dienone is 1. The predicted molar refractivity (Wildman–Crippen MR) is 122 cm³/mol. The van der Waals surface area contributed by atoms with Crippen LogP contribution in [0.2, 0.25) is 0 Å². The maximum absolute atomic E-state index is 13.8. The molecule has 0 fully saturated rings. The fraction of sp³-hybridized carbons (Fsp3) is 0.818. The van der Waals surface area contributed by atoms with Crippen molar-refractivity contribution in [3.05, 3.63) is 22.5 Å². The molecule has 7 nitrogen and oxygen atoms in total. The molecule has 0 aromatic rings. The summed E-state index contributed by atoms with van der Waals surface area (Å²) >= 11 is 0. The molecule has 2 heterocycles. The fourth-order valence-electron chi connectivity index (χ4n) is 6.29. The van der Waals surface area contributed by atoms with Gasteiger partial charge in [-0.05, 0) is 47.7 Å². The molecule has 2 bridgehead atoms. The minimum Gasteiger partial charge on any atom is -0.403 e. The Hall–Kier alpha value is -0.420. The zero-order valence-electron chi connectivity index (χ0n) is 20.7. The molecule has 180 valence electrons. The molecule has 1 aliphatic carbocycles. The highest BCUT2D eigenvalue weighted by molar-refractivity contribution is 7.61. The summed E-state index contributed by atoms with van der Waals surface area (Å²) in [5.74, 6) is 0.419. The predicted octanol–water partition coefficient (Wildman–Crippen LogP) is 7.27. The van der Waals surface area contributed by atoms with E-state index in [4.69, 9.17) is 13.4 Å². The minimum absolute atomic E-state index is 0.334. The topological polar surface area (TPSA) is 102 Å². The zero-order valence-corrected chi connectivity index (χ0v) is 22.4. The van der Waals surface area contributed by atoms with Gasteiger partial charge in [0.2, 0.25) is 0 Å². The summed E-state index contributed by atoms with van der Waals surface area (Å²) in [6, 6.07) is 0. The smallest absolute Gasteiger partial charge is 0.403 e. The largest absolute Gasteiger partial charge is 0.539 e. The molecule has 9 heteroatoms. The van der Waals surface area contributed by atoms with Crippen molar-refractivity contribution in [3.63, 3.8) is 0 Å². The highest BCUT2D eigenvalue weighted by Gasteiger charge is 2.69. The van der Waals surface area contributed by atoms with Crippen molar-refractivity contribution in [1.82, 2.24) is 0 Å². The Labute approximate surface area is 187 Å². The van der Waals surface area contributed by atoms with Crippen LogP contribution in [0.4, 0.5) is 0 Å². The Kier molecular flexibility index (Phi) is 7.02. The summed E-state index contributed by atoms with van der Waals surface area (Å²) in [7, 11) is -9.79. The first kappa shape index (κ1) is 26.8. The summed E-state index contributed by atoms with van der Waals surface area (Å²) in [5, 5.41) is 0. The Bertz CT molecular complexity index is 885. The molecule has 3 aliphatic rings. The maximum Gasteiger partial charge on any atom is 0.539 e. The van der Waals surface area contributed by atoms with Crippen molar-refractivity contribution in [2.24, 2.45) is 16.2 Å². The first-order valence-corrected chi connectivity index (χ1v) is 14.1. The molecular formula is C22H40O7P2. The lowest BCUT2D eigenvalue weighted by Gasteiger charge is -2.60. The zero-order chi connectivity index (χ0) is 24.3. The van der Waals surface area contributed by atoms with Gasteiger partial charge >= 0.3 is 15.6 Å². The normalized spacial score (nSPS) is 32.4. The molecule has 31 heavy (non-hydrogen) atoms. The van der Waals surface area contributed by atoms with E-state index in [0.717, 1.165) is 16.7 Å². The number of phosphoric acid groups is 2. The molecule has 0 amide bonds. The molecule has 3 rings (SSSR count). The van der Waals surface area contributed by atoms with Crippen molar-refractivity contribution >= 4 is 15.6 Å². The van der Waals surface area contributed by atoms with Crippen LogP contribution in [0.25, 0.3) is 0 Å². The molecule has 3 atom stereocenters. The van der Waals surface area contributed by atoms with Gasteiger partial charge in [0.15, 0.2) is 0 Å². The number of rotatable bonds is 6. The van der Waals surface area contributed by atoms with Crippen LogP contribution in [0, 0.1) is 16.2 Å². The van der Waals surface area contributed by atoms with Gasteiger partial charge < -0.3 is 14.3 Å². The molecule has 0 saturated carbocycles. The van der Waals surface area contributed by atoms with Gasteiger partial charge in [-0.25, -0.2) is 9.13 Å². The van der Waals surface area contributed by atoms with E-state index in [1.165, 1.54) is 0 Å². The van der Waals surface area contributed by atoms with Crippen molar-refractivity contribution in [3.8, 4) is 0 Å². The SMILES string of the molecule is CCC1=C(C(C)(C)C)C2=C(CC)C(CC)(C(C)(C)C)C1(CC)OP(=O)(OP(=O)(O)O)O2. The second-order valence-corrected chi connectivity index (χ2v) is 13.4. The Morgan fingerprint density at radius 2 is 1.48 bits per heavy atom. The van der Waals surface area contributed by atoms with Crippen LogP contribution in [0.5, 0.6) is 0 Å². The fourth-order valence-corrected chi connectivity index (χ4v) is 8.84. The van der Waals surface area contributed by atoms with Crippen LogP contribution < -0.4 is 0 Å². The first-order chi connectivity index (χ1) is 13.9. The van der Waals surface area contributed by atoms with Gasteiger partial charge in [0.25, 0.3) is 0 Å². The van der Waals surface area contributed by atoms with Crippen LogP contribution >= 0.6 is 15.6 Å². The van der Waals surface area contributed by atoms with E-state index in [0.29, 0.717) is 31.4 Å². The molecular weight excluding hydrogens is 438 g/mol. The second-order valence-electron chi connectivity index (χ2n) is 10.5. The van der Waals surface area contributed by atoms with Crippen molar-refractivity contribution in [2.45, 2.75) is 101 Å². The quantitative estimate of drug-likeness (QED) is 0.387. The van der Waals surface area contributed by atoms with Crippen molar-refractivity contribution < 1.29 is 32.3 Å². The van der Waals surface area contributed by atoms with Gasteiger partial charge in [0.1, 0.15) is 11.4 Å². The third-order valence-electron chi connectivity index (χ3n) is 6.94. The van der Waals surface area contributed by atoms with Crippen LogP contribution in [0.3, 0.4) is 0 Å². The maximum atomic E-state index is 13.8. The number of hydrogen-bond donors (Lipinski definition) is 2. The van der Waals surface area contributed by atoms with Crippen molar-refractivity contribution in [2.75, 3.05) is 0 Å². The molecule has 0 spiro atoms. The van der Waals surface area contributed by atoms with E-state index in [9.17, 15) is 18.9 Å². The van der Waals surface area contributed by atoms with Gasteiger partial charge in [0.05, 0.1) is 0 Å². The number of phosphoric ester groups is 1. The summed E-state index contributed by atoms with van der Waals surface area (Å²) in [5.41, 5.74) is 0.418. The lowest BCUT2D eigenvalue weighted by atomic mass is 9.46. The monoisotopic (exact) mass is 478 g/mol. The van der Waals surface area contributed by atoms with E-state index >= 15 is 0 Å². The average molecular weight is 479 g/mol. The summed E-state index contributed by atoms with van der Waals surface area (Å²) in [4.78, 5) is 19.0. The van der Waals surface area contributed by atoms with Gasteiger partial charge in [-0.2, -0.15) is 4.31 Å². The molecule has 3 unspecified atom stereocenters. The average Bonchev–Trinajstić information content (AvgIpc) is 2.74. The van der Waals surface area contributed by atoms with Gasteiger partial charge in [0, 0.05) is 11.0 Å². The molecule has 0 aromatic heterocycles. The van der Waals surface area contributed by atoms with Crippen molar-refractivity contribution in [1.29, 1.82) is 0 Å². The van der Waals surface area contributed by atoms with E-state index in [2.05, 4.69) is 48.5 Å². The minimum atomic E-state index is -5.15. The van der Waals surface area contributed by atoms with E-state index in [-0.39, 0.29) is 10.8 Å². The third kappa shape index (κ3) is 4.05. The molecule has 2 aliphatic heterocycles. The Balaban J connectivity index is 3.14. The highest BCUT2D eigenvalue weighted by atomic mass is 31.3. The molecule has 2 N–H and O–H groups in total. The number of fused-ring (bicyclic) bond motifs is 3. The number of hydrogen-bond acceptors (Lipinski definition) is 5. The van der Waals surface area contributed by atoms with Gasteiger partial charge in [-0.15, -0.1) is 0 Å². The van der Waals surface area contributed by atoms with E-state index in [1.54, 1.807) is 0 Å². The van der Waals surface area contributed by atoms with Gasteiger partial charge in [-0.1, -0.05) is 69.2 Å². The summed E-state index contributed by atoms with van der Waals surface area (Å²) in [6.07, 6.45) is 2.38. The highest BCUT2D eigenvalue weighted by Crippen LogP contribution is 2.76. The first-order valence-electron chi connectivity index (χ1n) is 11.1. The van der Waals surface area contributed by atoms with E-state index in [1.807, 2.05) is 20.8 Å². The molecule has 0 saturated heterocycles. The van der Waals surface area contributed by atoms with Crippen LogP contribution in [-0.2, 0) is 22.5 Å². The summed E-state index contributed by atoms with van der Waals surface area (Å²) in [6.45, 7) is 20.7. The van der Waals surface area contributed by atoms with Crippen LogP contribution in [-0.4, -0.2) is 15.4 Å². The van der Waals surface area contributed by atoms with Crippen LogP contribution in [0.1, 0.15) is 94.9 Å². The Morgan fingerprint density at radius 3 is 1.81 bits per heavy atom. The second kappa shape index (κ2) is 8.11. The summed E-state index contributed by atoms with van der Waals surface area (Å²) < 4.78 is 42.6. The van der Waals surface area contributed by atoms with Crippen LogP contribution in [0.15, 0.2) is 22.5 Å². The lowest BCUT2D eigenvalue weighted by molar-refractivity contribution is -0.0893. The molecule has 0 aromatic carbocycles. The van der Waals surface area contributed by atoms with Gasteiger partial charge in [-0.3, -0.25) is 4.52 Å². The lowest BCUT2D eigenvalue weighted by Crippen LogP contribution is -2.59. The Morgan fingerprint density at radius 1 is 0.968 bits per heavy atom. The molecule has 0 radical (unpaired) electrons.